The Morgan fingerprint density at radius 2 is 1.85 bits per heavy atom. The molecule has 0 spiro atoms. The van der Waals surface area contributed by atoms with Crippen molar-refractivity contribution in [2.45, 2.75) is 26.3 Å². The summed E-state index contributed by atoms with van der Waals surface area (Å²) in [4.78, 5) is 12.0. The number of aliphatic imine (C=N–C) groups is 2. The average molecular weight is 175 g/mol. The van der Waals surface area contributed by atoms with Gasteiger partial charge in [-0.1, -0.05) is 0 Å². The molecule has 0 fully saturated rings. The molecule has 3 nitrogen and oxygen atoms in total. The first-order valence-electron chi connectivity index (χ1n) is 4.15. The van der Waals surface area contributed by atoms with E-state index >= 15 is 0 Å². The van der Waals surface area contributed by atoms with Crippen molar-refractivity contribution in [2.75, 3.05) is 0 Å². The number of nitrogens with zero attached hydrogens (tertiary/aromatic N) is 3. The fourth-order valence-electron chi connectivity index (χ4n) is 0.651. The van der Waals surface area contributed by atoms with Gasteiger partial charge in [-0.25, -0.2) is 4.99 Å². The monoisotopic (exact) mass is 175 g/mol. The van der Waals surface area contributed by atoms with Crippen molar-refractivity contribution in [2.24, 2.45) is 9.98 Å². The van der Waals surface area contributed by atoms with E-state index in [0.717, 1.165) is 5.69 Å². The molecule has 0 aliphatic heterocycles. The lowest BCUT2D eigenvalue weighted by molar-refractivity contribution is 0.587. The van der Waals surface area contributed by atoms with Crippen LogP contribution in [0.1, 0.15) is 20.8 Å². The van der Waals surface area contributed by atoms with E-state index in [9.17, 15) is 0 Å². The molecule has 0 saturated heterocycles. The molecule has 1 aromatic heterocycles. The molecule has 13 heavy (non-hydrogen) atoms. The fraction of sp³-hybridized carbons (Fsp3) is 0.400. The molecule has 0 aromatic carbocycles. The second-order valence-corrected chi connectivity index (χ2v) is 3.70. The van der Waals surface area contributed by atoms with Gasteiger partial charge in [0.1, 0.15) is 0 Å². The van der Waals surface area contributed by atoms with Gasteiger partial charge in [-0.05, 0) is 32.9 Å². The van der Waals surface area contributed by atoms with Crippen LogP contribution in [-0.2, 0) is 0 Å². The molecule has 1 rings (SSSR count). The smallest absolute Gasteiger partial charge is 0.0954 e. The quantitative estimate of drug-likeness (QED) is 0.604. The molecule has 0 unspecified atom stereocenters. The van der Waals surface area contributed by atoms with E-state index in [1.807, 2.05) is 32.9 Å². The molecule has 0 radical (unpaired) electrons. The Balaban J connectivity index is 2.75. The van der Waals surface area contributed by atoms with Crippen molar-refractivity contribution in [3.8, 4) is 0 Å². The van der Waals surface area contributed by atoms with E-state index in [2.05, 4.69) is 21.0 Å². The van der Waals surface area contributed by atoms with Crippen molar-refractivity contribution < 1.29 is 0 Å². The van der Waals surface area contributed by atoms with Gasteiger partial charge < -0.3 is 0 Å². The maximum atomic E-state index is 4.11. The summed E-state index contributed by atoms with van der Waals surface area (Å²) < 4.78 is 0. The summed E-state index contributed by atoms with van der Waals surface area (Å²) in [7, 11) is 0. The van der Waals surface area contributed by atoms with Crippen molar-refractivity contribution in [1.82, 2.24) is 4.98 Å². The molecule has 0 amide bonds. The van der Waals surface area contributed by atoms with Gasteiger partial charge >= 0.3 is 0 Å². The van der Waals surface area contributed by atoms with Gasteiger partial charge in [0, 0.05) is 12.4 Å². The minimum Gasteiger partial charge on any atom is -0.265 e. The highest BCUT2D eigenvalue weighted by atomic mass is 14.9. The second-order valence-electron chi connectivity index (χ2n) is 3.70. The Kier molecular flexibility index (Phi) is 2.93. The van der Waals surface area contributed by atoms with E-state index in [0.29, 0.717) is 0 Å². The lowest BCUT2D eigenvalue weighted by Gasteiger charge is -2.06. The summed E-state index contributed by atoms with van der Waals surface area (Å²) in [6, 6.07) is 6.29. The van der Waals surface area contributed by atoms with Crippen LogP contribution in [0.25, 0.3) is 0 Å². The third-order valence-electron chi connectivity index (χ3n) is 1.23. The molecule has 0 aliphatic rings. The number of aromatic nitrogens is 1. The fourth-order valence-corrected chi connectivity index (χ4v) is 0.651. The van der Waals surface area contributed by atoms with Crippen LogP contribution in [0.4, 0.5) is 5.69 Å². The van der Waals surface area contributed by atoms with Crippen LogP contribution in [0.3, 0.4) is 0 Å². The molecular weight excluding hydrogens is 162 g/mol. The van der Waals surface area contributed by atoms with Gasteiger partial charge in [0.05, 0.1) is 17.2 Å². The van der Waals surface area contributed by atoms with E-state index in [-0.39, 0.29) is 5.54 Å². The summed E-state index contributed by atoms with van der Waals surface area (Å²) >= 11 is 0. The highest BCUT2D eigenvalue weighted by Crippen LogP contribution is 2.08. The zero-order chi connectivity index (χ0) is 9.73. The van der Waals surface area contributed by atoms with Gasteiger partial charge in [-0.15, -0.1) is 0 Å². The van der Waals surface area contributed by atoms with Crippen molar-refractivity contribution in [1.29, 1.82) is 0 Å². The molecular formula is C10H13N3. The molecule has 0 bridgehead atoms. The van der Waals surface area contributed by atoms with Crippen LogP contribution >= 0.6 is 0 Å². The van der Waals surface area contributed by atoms with Crippen LogP contribution < -0.4 is 0 Å². The molecule has 0 N–H and O–H groups in total. The topological polar surface area (TPSA) is 37.6 Å². The van der Waals surface area contributed by atoms with Gasteiger partial charge in [0.2, 0.25) is 0 Å². The maximum Gasteiger partial charge on any atom is 0.0954 e. The first-order chi connectivity index (χ1) is 6.08. The predicted octanol–water partition coefficient (Wildman–Crippen LogP) is 2.69. The summed E-state index contributed by atoms with van der Waals surface area (Å²) in [5, 5.41) is 0. The minimum absolute atomic E-state index is 0.115. The van der Waals surface area contributed by atoms with Crippen LogP contribution in [0, 0.1) is 0 Å². The zero-order valence-electron chi connectivity index (χ0n) is 8.15. The summed E-state index contributed by atoms with van der Waals surface area (Å²) in [5.41, 5.74) is 0.708. The zero-order valence-corrected chi connectivity index (χ0v) is 8.15. The van der Waals surface area contributed by atoms with E-state index in [4.69, 9.17) is 0 Å². The average Bonchev–Trinajstić information content (AvgIpc) is 2.04. The normalized spacial score (nSPS) is 10.4. The highest BCUT2D eigenvalue weighted by Gasteiger charge is 2.03. The van der Waals surface area contributed by atoms with Gasteiger partial charge in [-0.3, -0.25) is 4.98 Å². The predicted molar refractivity (Wildman–Crippen MR) is 53.5 cm³/mol. The third kappa shape index (κ3) is 4.19. The lowest BCUT2D eigenvalue weighted by Crippen LogP contribution is -2.07. The molecule has 1 heterocycles. The third-order valence-corrected chi connectivity index (χ3v) is 1.23. The van der Waals surface area contributed by atoms with Crippen molar-refractivity contribution >= 4 is 11.7 Å². The number of rotatable bonds is 1. The molecule has 3 heteroatoms. The molecule has 1 aromatic rings. The van der Waals surface area contributed by atoms with E-state index in [1.54, 1.807) is 12.4 Å². The molecule has 68 valence electrons. The lowest BCUT2D eigenvalue weighted by atomic mass is 10.1. The van der Waals surface area contributed by atoms with Crippen LogP contribution in [0.5, 0.6) is 0 Å². The van der Waals surface area contributed by atoms with Gasteiger partial charge in [-0.2, -0.15) is 4.99 Å². The highest BCUT2D eigenvalue weighted by molar-refractivity contribution is 5.51. The van der Waals surface area contributed by atoms with Gasteiger partial charge in [0.25, 0.3) is 0 Å². The summed E-state index contributed by atoms with van der Waals surface area (Å²) in [5.74, 6) is 0. The van der Waals surface area contributed by atoms with E-state index in [1.165, 1.54) is 0 Å². The Morgan fingerprint density at radius 1 is 1.23 bits per heavy atom. The Hall–Kier alpha value is -1.47. The van der Waals surface area contributed by atoms with Gasteiger partial charge in [0.15, 0.2) is 0 Å². The van der Waals surface area contributed by atoms with Crippen molar-refractivity contribution in [3.63, 3.8) is 0 Å². The SMILES string of the molecule is CC(C)(C)N=C=Nc1ccncc1. The summed E-state index contributed by atoms with van der Waals surface area (Å²) in [6.45, 7) is 6.01. The molecule has 0 aliphatic carbocycles. The minimum atomic E-state index is -0.115. The molecule has 0 atom stereocenters. The standard InChI is InChI=1S/C10H13N3/c1-10(2,3)13-8-12-9-4-6-11-7-5-9/h4-7H,1-3H3. The van der Waals surface area contributed by atoms with Crippen LogP contribution in [0.2, 0.25) is 0 Å². The summed E-state index contributed by atoms with van der Waals surface area (Å²) in [6.07, 6.45) is 3.38. The number of hydrogen-bond donors (Lipinski definition) is 0. The largest absolute Gasteiger partial charge is 0.265 e. The van der Waals surface area contributed by atoms with Crippen molar-refractivity contribution in [3.05, 3.63) is 24.5 Å². The Labute approximate surface area is 78.3 Å². The van der Waals surface area contributed by atoms with E-state index < -0.39 is 0 Å². The second kappa shape index (κ2) is 3.97. The van der Waals surface area contributed by atoms with Crippen LogP contribution in [-0.4, -0.2) is 16.5 Å². The first-order valence-corrected chi connectivity index (χ1v) is 4.15. The molecule has 0 saturated carbocycles. The Bertz CT molecular complexity index is 316. The number of pyridine rings is 1. The Morgan fingerprint density at radius 3 is 2.38 bits per heavy atom. The maximum absolute atomic E-state index is 4.11. The van der Waals surface area contributed by atoms with Crippen LogP contribution in [0.15, 0.2) is 34.5 Å². The number of hydrogen-bond acceptors (Lipinski definition) is 3. The first kappa shape index (κ1) is 9.62.